The van der Waals surface area contributed by atoms with Crippen molar-refractivity contribution in [1.82, 2.24) is 0 Å². The molecule has 1 aliphatic heterocycles. The summed E-state index contributed by atoms with van der Waals surface area (Å²) in [7, 11) is -3.71. The molecule has 0 N–H and O–H groups in total. The van der Waals surface area contributed by atoms with E-state index in [9.17, 15) is 18.3 Å². The third-order valence-corrected chi connectivity index (χ3v) is 5.99. The zero-order valence-corrected chi connectivity index (χ0v) is 13.9. The number of carbonyl (C=O) groups is 1. The number of aliphatic carboxylic acids is 1. The minimum absolute atomic E-state index is 0.180. The maximum atomic E-state index is 13.1. The van der Waals surface area contributed by atoms with E-state index in [0.717, 1.165) is 11.6 Å². The number of aryl methyl sites for hydroxylation is 1. The van der Waals surface area contributed by atoms with Gasteiger partial charge in [-0.05, 0) is 48.2 Å². The van der Waals surface area contributed by atoms with Crippen LogP contribution in [0.2, 0.25) is 0 Å². The summed E-state index contributed by atoms with van der Waals surface area (Å²) in [6, 6.07) is 12.3. The first-order valence-corrected chi connectivity index (χ1v) is 8.94. The van der Waals surface area contributed by atoms with E-state index in [0.29, 0.717) is 29.8 Å². The zero-order chi connectivity index (χ0) is 17.3. The van der Waals surface area contributed by atoms with Gasteiger partial charge < -0.3 is 9.90 Å². The van der Waals surface area contributed by atoms with Crippen molar-refractivity contribution in [3.05, 3.63) is 65.2 Å². The van der Waals surface area contributed by atoms with Crippen LogP contribution in [0.5, 0.6) is 0 Å². The fraction of sp³-hybridized carbons (Fsp3) is 0.167. The number of rotatable bonds is 4. The number of fused-ring (bicyclic) bond motifs is 1. The molecule has 0 aliphatic carbocycles. The molecule has 5 nitrogen and oxygen atoms in total. The highest BCUT2D eigenvalue weighted by Gasteiger charge is 2.31. The lowest BCUT2D eigenvalue weighted by atomic mass is 10.1. The Morgan fingerprint density at radius 2 is 1.96 bits per heavy atom. The van der Waals surface area contributed by atoms with Crippen molar-refractivity contribution in [1.29, 1.82) is 0 Å². The standard InChI is InChI=1S/C18H17NO4S/c1-13-6-7-14(8-9-18(20)21)12-17(13)24(22,23)19-11-10-15-4-2-3-5-16(15)19/h2-9,12H,10-11H2,1H3,(H,20,21)/p-1. The molecule has 2 aromatic carbocycles. The molecule has 0 spiro atoms. The Labute approximate surface area is 140 Å². The van der Waals surface area contributed by atoms with Gasteiger partial charge in [0.15, 0.2) is 0 Å². The smallest absolute Gasteiger partial charge is 0.264 e. The third kappa shape index (κ3) is 2.92. The molecule has 1 heterocycles. The van der Waals surface area contributed by atoms with E-state index in [-0.39, 0.29) is 4.90 Å². The van der Waals surface area contributed by atoms with Crippen LogP contribution in [0.3, 0.4) is 0 Å². The summed E-state index contributed by atoms with van der Waals surface area (Å²) in [4.78, 5) is 10.7. The van der Waals surface area contributed by atoms with Gasteiger partial charge in [-0.2, -0.15) is 0 Å². The first-order chi connectivity index (χ1) is 11.4. The minimum Gasteiger partial charge on any atom is -0.545 e. The van der Waals surface area contributed by atoms with Crippen molar-refractivity contribution in [3.8, 4) is 0 Å². The SMILES string of the molecule is Cc1ccc(C=CC(=O)[O-])cc1S(=O)(=O)N1CCc2ccccc21. The monoisotopic (exact) mass is 342 g/mol. The first kappa shape index (κ1) is 16.3. The van der Waals surface area contributed by atoms with Crippen LogP contribution in [0.25, 0.3) is 6.08 Å². The van der Waals surface area contributed by atoms with Crippen LogP contribution < -0.4 is 9.41 Å². The lowest BCUT2D eigenvalue weighted by Gasteiger charge is -2.21. The molecule has 0 saturated heterocycles. The van der Waals surface area contributed by atoms with E-state index < -0.39 is 16.0 Å². The molecule has 0 radical (unpaired) electrons. The van der Waals surface area contributed by atoms with Crippen LogP contribution in [-0.2, 0) is 21.2 Å². The van der Waals surface area contributed by atoms with Gasteiger partial charge in [0, 0.05) is 6.54 Å². The maximum absolute atomic E-state index is 13.1. The lowest BCUT2D eigenvalue weighted by Crippen LogP contribution is -2.29. The largest absolute Gasteiger partial charge is 0.545 e. The summed E-state index contributed by atoms with van der Waals surface area (Å²) in [6.07, 6.45) is 2.89. The van der Waals surface area contributed by atoms with Crippen LogP contribution >= 0.6 is 0 Å². The predicted octanol–water partition coefficient (Wildman–Crippen LogP) is 1.51. The molecule has 1 aliphatic rings. The molecule has 3 rings (SSSR count). The highest BCUT2D eigenvalue weighted by atomic mass is 32.2. The minimum atomic E-state index is -3.71. The molecule has 2 aromatic rings. The van der Waals surface area contributed by atoms with Gasteiger partial charge >= 0.3 is 0 Å². The highest BCUT2D eigenvalue weighted by Crippen LogP contribution is 2.33. The average Bonchev–Trinajstić information content (AvgIpc) is 2.98. The Morgan fingerprint density at radius 1 is 1.21 bits per heavy atom. The molecule has 0 unspecified atom stereocenters. The first-order valence-electron chi connectivity index (χ1n) is 7.50. The van der Waals surface area contributed by atoms with Crippen molar-refractivity contribution in [2.45, 2.75) is 18.2 Å². The normalized spacial score (nSPS) is 14.1. The Hall–Kier alpha value is -2.60. The van der Waals surface area contributed by atoms with Gasteiger partial charge in [-0.3, -0.25) is 4.31 Å². The van der Waals surface area contributed by atoms with Crippen LogP contribution in [0.15, 0.2) is 53.4 Å². The second-order valence-electron chi connectivity index (χ2n) is 5.63. The van der Waals surface area contributed by atoms with Gasteiger partial charge in [0.05, 0.1) is 16.6 Å². The number of carboxylic acids is 1. The Morgan fingerprint density at radius 3 is 2.71 bits per heavy atom. The number of hydrogen-bond acceptors (Lipinski definition) is 4. The molecule has 0 aromatic heterocycles. The van der Waals surface area contributed by atoms with Crippen molar-refractivity contribution < 1.29 is 18.3 Å². The molecule has 24 heavy (non-hydrogen) atoms. The van der Waals surface area contributed by atoms with Gasteiger partial charge in [0.1, 0.15) is 0 Å². The summed E-state index contributed by atoms with van der Waals surface area (Å²) in [5, 5.41) is 10.5. The number of benzene rings is 2. The Bertz CT molecular complexity index is 932. The summed E-state index contributed by atoms with van der Waals surface area (Å²) in [5.74, 6) is -1.33. The van der Waals surface area contributed by atoms with Gasteiger partial charge in [0.25, 0.3) is 10.0 Å². The summed E-state index contributed by atoms with van der Waals surface area (Å²) < 4.78 is 27.6. The number of carboxylic acid groups (broad SMARTS) is 1. The Kier molecular flexibility index (Phi) is 4.15. The summed E-state index contributed by atoms with van der Waals surface area (Å²) >= 11 is 0. The third-order valence-electron chi connectivity index (χ3n) is 4.04. The van der Waals surface area contributed by atoms with E-state index in [4.69, 9.17) is 0 Å². The quantitative estimate of drug-likeness (QED) is 0.789. The van der Waals surface area contributed by atoms with E-state index in [1.165, 1.54) is 16.4 Å². The van der Waals surface area contributed by atoms with Crippen LogP contribution in [-0.4, -0.2) is 20.9 Å². The number of para-hydroxylation sites is 1. The average molecular weight is 342 g/mol. The molecule has 0 saturated carbocycles. The van der Waals surface area contributed by atoms with Crippen molar-refractivity contribution in [3.63, 3.8) is 0 Å². The predicted molar refractivity (Wildman–Crippen MR) is 89.9 cm³/mol. The number of hydrogen-bond donors (Lipinski definition) is 0. The van der Waals surface area contributed by atoms with Gasteiger partial charge in [-0.25, -0.2) is 8.42 Å². The van der Waals surface area contributed by atoms with Crippen LogP contribution in [0.4, 0.5) is 5.69 Å². The molecule has 0 bridgehead atoms. The van der Waals surface area contributed by atoms with Gasteiger partial charge in [-0.15, -0.1) is 0 Å². The molecule has 6 heteroatoms. The summed E-state index contributed by atoms with van der Waals surface area (Å²) in [6.45, 7) is 2.13. The molecule has 124 valence electrons. The zero-order valence-electron chi connectivity index (χ0n) is 13.1. The van der Waals surface area contributed by atoms with Crippen LogP contribution in [0.1, 0.15) is 16.7 Å². The highest BCUT2D eigenvalue weighted by molar-refractivity contribution is 7.93. The van der Waals surface area contributed by atoms with Crippen molar-refractivity contribution in [2.75, 3.05) is 10.8 Å². The molecule has 0 fully saturated rings. The second-order valence-corrected chi connectivity index (χ2v) is 7.46. The number of nitrogens with zero attached hydrogens (tertiary/aromatic N) is 1. The van der Waals surface area contributed by atoms with E-state index in [1.807, 2.05) is 18.2 Å². The summed E-state index contributed by atoms with van der Waals surface area (Å²) in [5.41, 5.74) is 2.82. The number of sulfonamides is 1. The number of carbonyl (C=O) groups excluding carboxylic acids is 1. The van der Waals surface area contributed by atoms with Gasteiger partial charge in [0.2, 0.25) is 0 Å². The fourth-order valence-corrected chi connectivity index (χ4v) is 4.60. The van der Waals surface area contributed by atoms with Crippen LogP contribution in [0, 0.1) is 6.92 Å². The molecule has 0 atom stereocenters. The van der Waals surface area contributed by atoms with Crippen molar-refractivity contribution in [2.24, 2.45) is 0 Å². The van der Waals surface area contributed by atoms with Gasteiger partial charge in [-0.1, -0.05) is 36.4 Å². The van der Waals surface area contributed by atoms with E-state index >= 15 is 0 Å². The lowest BCUT2D eigenvalue weighted by molar-refractivity contribution is -0.297. The fourth-order valence-electron chi connectivity index (χ4n) is 2.84. The molecular formula is C18H16NO4S-. The maximum Gasteiger partial charge on any atom is 0.264 e. The number of anilines is 1. The Balaban J connectivity index is 2.05. The van der Waals surface area contributed by atoms with E-state index in [1.54, 1.807) is 25.1 Å². The topological polar surface area (TPSA) is 77.5 Å². The van der Waals surface area contributed by atoms with Crippen molar-refractivity contribution >= 4 is 27.8 Å². The molecular weight excluding hydrogens is 326 g/mol. The molecule has 0 amide bonds. The second kappa shape index (κ2) is 6.13. The van der Waals surface area contributed by atoms with E-state index in [2.05, 4.69) is 0 Å².